The van der Waals surface area contributed by atoms with E-state index in [-0.39, 0.29) is 12.1 Å². The number of hydrogen-bond donors (Lipinski definition) is 1. The van der Waals surface area contributed by atoms with E-state index >= 15 is 0 Å². The fourth-order valence-corrected chi connectivity index (χ4v) is 4.86. The van der Waals surface area contributed by atoms with E-state index in [1.807, 2.05) is 6.07 Å². The van der Waals surface area contributed by atoms with Crippen molar-refractivity contribution in [2.75, 3.05) is 0 Å². The van der Waals surface area contributed by atoms with E-state index in [1.165, 1.54) is 14.6 Å². The lowest BCUT2D eigenvalue weighted by Gasteiger charge is -2.21. The molecule has 0 saturated carbocycles. The molecule has 0 fully saturated rings. The van der Waals surface area contributed by atoms with Crippen LogP contribution in [-0.2, 0) is 0 Å². The normalized spacial score (nSPS) is 12.9. The van der Waals surface area contributed by atoms with Gasteiger partial charge >= 0.3 is 0 Å². The fraction of sp³-hybridized carbons (Fsp3) is 0.200. The standard InChI is InChI=1S/C15H14ClNS3/c1-10(11-6-7-14(16)20-11)17-15(12-4-2-8-18-12)13-5-3-9-19-13/h2-10,15,17H,1H3. The molecule has 3 aromatic heterocycles. The first kappa shape index (κ1) is 14.3. The Balaban J connectivity index is 1.84. The van der Waals surface area contributed by atoms with Crippen molar-refractivity contribution in [2.24, 2.45) is 0 Å². The zero-order valence-corrected chi connectivity index (χ0v) is 14.1. The van der Waals surface area contributed by atoms with Gasteiger partial charge < -0.3 is 0 Å². The van der Waals surface area contributed by atoms with E-state index in [9.17, 15) is 0 Å². The molecule has 5 heteroatoms. The number of nitrogens with one attached hydrogen (secondary N) is 1. The van der Waals surface area contributed by atoms with Crippen LogP contribution in [0.5, 0.6) is 0 Å². The van der Waals surface area contributed by atoms with Gasteiger partial charge in [0.15, 0.2) is 0 Å². The Hall–Kier alpha value is -0.650. The largest absolute Gasteiger partial charge is 0.297 e. The molecule has 1 atom stereocenters. The van der Waals surface area contributed by atoms with Crippen molar-refractivity contribution in [3.05, 3.63) is 66.1 Å². The lowest BCUT2D eigenvalue weighted by Crippen LogP contribution is -2.23. The van der Waals surface area contributed by atoms with Gasteiger partial charge in [-0.25, -0.2) is 0 Å². The van der Waals surface area contributed by atoms with E-state index in [0.29, 0.717) is 0 Å². The molecule has 20 heavy (non-hydrogen) atoms. The molecule has 0 radical (unpaired) electrons. The van der Waals surface area contributed by atoms with E-state index < -0.39 is 0 Å². The first-order valence-electron chi connectivity index (χ1n) is 6.32. The molecule has 3 rings (SSSR count). The van der Waals surface area contributed by atoms with Gasteiger partial charge in [0.25, 0.3) is 0 Å². The molecule has 0 aliphatic rings. The third-order valence-electron chi connectivity index (χ3n) is 3.09. The van der Waals surface area contributed by atoms with Crippen LogP contribution in [0.4, 0.5) is 0 Å². The molecule has 0 aromatic carbocycles. The molecule has 0 aliphatic carbocycles. The number of halogens is 1. The van der Waals surface area contributed by atoms with Crippen molar-refractivity contribution in [2.45, 2.75) is 19.0 Å². The van der Waals surface area contributed by atoms with Crippen molar-refractivity contribution in [3.8, 4) is 0 Å². The smallest absolute Gasteiger partial charge is 0.0931 e. The van der Waals surface area contributed by atoms with Gasteiger partial charge in [0.1, 0.15) is 0 Å². The lowest BCUT2D eigenvalue weighted by molar-refractivity contribution is 0.533. The van der Waals surface area contributed by atoms with Gasteiger partial charge in [0, 0.05) is 20.7 Å². The summed E-state index contributed by atoms with van der Waals surface area (Å²) in [7, 11) is 0. The Kier molecular flexibility index (Phi) is 4.58. The summed E-state index contributed by atoms with van der Waals surface area (Å²) >= 11 is 11.3. The molecule has 0 spiro atoms. The van der Waals surface area contributed by atoms with Crippen molar-refractivity contribution >= 4 is 45.6 Å². The number of hydrogen-bond acceptors (Lipinski definition) is 4. The highest BCUT2D eigenvalue weighted by atomic mass is 35.5. The van der Waals surface area contributed by atoms with E-state index in [4.69, 9.17) is 11.6 Å². The number of thiophene rings is 3. The summed E-state index contributed by atoms with van der Waals surface area (Å²) in [6.07, 6.45) is 0. The van der Waals surface area contributed by atoms with E-state index in [2.05, 4.69) is 53.3 Å². The van der Waals surface area contributed by atoms with Crippen molar-refractivity contribution in [3.63, 3.8) is 0 Å². The zero-order valence-electron chi connectivity index (χ0n) is 10.9. The Morgan fingerprint density at radius 3 is 2.05 bits per heavy atom. The fourth-order valence-electron chi connectivity index (χ4n) is 2.11. The molecule has 0 saturated heterocycles. The summed E-state index contributed by atoms with van der Waals surface area (Å²) in [6.45, 7) is 2.19. The molecule has 3 aromatic rings. The van der Waals surface area contributed by atoms with Crippen LogP contribution in [0, 0.1) is 0 Å². The van der Waals surface area contributed by atoms with E-state index in [0.717, 1.165) is 4.34 Å². The van der Waals surface area contributed by atoms with Gasteiger partial charge in [-0.3, -0.25) is 5.32 Å². The van der Waals surface area contributed by atoms with Gasteiger partial charge in [-0.1, -0.05) is 23.7 Å². The zero-order chi connectivity index (χ0) is 13.9. The third-order valence-corrected chi connectivity index (χ3v) is 6.38. The summed E-state index contributed by atoms with van der Waals surface area (Å²) in [5, 5.41) is 7.98. The quantitative estimate of drug-likeness (QED) is 0.604. The van der Waals surface area contributed by atoms with Crippen LogP contribution in [0.3, 0.4) is 0 Å². The Bertz CT molecular complexity index is 608. The van der Waals surface area contributed by atoms with Crippen LogP contribution in [0.1, 0.15) is 33.6 Å². The van der Waals surface area contributed by atoms with Gasteiger partial charge in [-0.2, -0.15) is 0 Å². The van der Waals surface area contributed by atoms with Crippen LogP contribution < -0.4 is 5.32 Å². The summed E-state index contributed by atoms with van der Waals surface area (Å²) < 4.78 is 0.845. The molecule has 0 bridgehead atoms. The first-order chi connectivity index (χ1) is 9.74. The average Bonchev–Trinajstić information content (AvgIpc) is 3.17. The van der Waals surface area contributed by atoms with Crippen LogP contribution in [0.25, 0.3) is 0 Å². The minimum atomic E-state index is 0.255. The maximum absolute atomic E-state index is 6.03. The second-order valence-electron chi connectivity index (χ2n) is 4.49. The van der Waals surface area contributed by atoms with Crippen LogP contribution in [-0.4, -0.2) is 0 Å². The second kappa shape index (κ2) is 6.41. The highest BCUT2D eigenvalue weighted by molar-refractivity contribution is 7.16. The minimum Gasteiger partial charge on any atom is -0.297 e. The summed E-state index contributed by atoms with van der Waals surface area (Å²) in [4.78, 5) is 3.97. The lowest BCUT2D eigenvalue weighted by atomic mass is 10.1. The molecular formula is C15H14ClNS3. The molecule has 3 heterocycles. The maximum Gasteiger partial charge on any atom is 0.0931 e. The van der Waals surface area contributed by atoms with Gasteiger partial charge in [-0.05, 0) is 41.9 Å². The summed E-state index contributed by atoms with van der Waals surface area (Å²) in [5.74, 6) is 0. The average molecular weight is 340 g/mol. The van der Waals surface area contributed by atoms with E-state index in [1.54, 1.807) is 34.0 Å². The number of rotatable bonds is 5. The molecule has 1 unspecified atom stereocenters. The summed E-state index contributed by atoms with van der Waals surface area (Å²) in [5.41, 5.74) is 0. The Morgan fingerprint density at radius 2 is 1.60 bits per heavy atom. The highest BCUT2D eigenvalue weighted by Gasteiger charge is 2.19. The van der Waals surface area contributed by atoms with Gasteiger partial charge in [0.2, 0.25) is 0 Å². The van der Waals surface area contributed by atoms with Crippen molar-refractivity contribution in [1.29, 1.82) is 0 Å². The van der Waals surface area contributed by atoms with Crippen molar-refractivity contribution in [1.82, 2.24) is 5.32 Å². The Morgan fingerprint density at radius 1 is 0.950 bits per heavy atom. The molecule has 0 amide bonds. The molecule has 104 valence electrons. The van der Waals surface area contributed by atoms with Crippen LogP contribution >= 0.6 is 45.6 Å². The van der Waals surface area contributed by atoms with Crippen molar-refractivity contribution < 1.29 is 0 Å². The van der Waals surface area contributed by atoms with Gasteiger partial charge in [-0.15, -0.1) is 34.0 Å². The SMILES string of the molecule is CC(NC(c1cccs1)c1cccs1)c1ccc(Cl)s1. The Labute approximate surface area is 135 Å². The maximum atomic E-state index is 6.03. The molecule has 1 N–H and O–H groups in total. The second-order valence-corrected chi connectivity index (χ2v) is 8.20. The molecular weight excluding hydrogens is 326 g/mol. The topological polar surface area (TPSA) is 12.0 Å². The summed E-state index contributed by atoms with van der Waals surface area (Å²) in [6, 6.07) is 13.2. The minimum absolute atomic E-state index is 0.255. The molecule has 1 nitrogen and oxygen atoms in total. The van der Waals surface area contributed by atoms with Crippen LogP contribution in [0.2, 0.25) is 4.34 Å². The monoisotopic (exact) mass is 339 g/mol. The highest BCUT2D eigenvalue weighted by Crippen LogP contribution is 2.33. The third kappa shape index (κ3) is 3.15. The van der Waals surface area contributed by atoms with Crippen LogP contribution in [0.15, 0.2) is 47.2 Å². The predicted octanol–water partition coefficient (Wildman–Crippen LogP) is 5.96. The predicted molar refractivity (Wildman–Crippen MR) is 91.4 cm³/mol. The van der Waals surface area contributed by atoms with Gasteiger partial charge in [0.05, 0.1) is 10.4 Å². The molecule has 0 aliphatic heterocycles. The first-order valence-corrected chi connectivity index (χ1v) is 9.27.